The Balaban J connectivity index is 1.72. The van der Waals surface area contributed by atoms with Crippen LogP contribution in [0.1, 0.15) is 42.7 Å². The number of aryl methyl sites for hydroxylation is 2. The number of hydrogen-bond donors (Lipinski definition) is 0. The van der Waals surface area contributed by atoms with E-state index in [-0.39, 0.29) is 0 Å². The first-order chi connectivity index (χ1) is 10.1. The van der Waals surface area contributed by atoms with Gasteiger partial charge in [-0.2, -0.15) is 0 Å². The van der Waals surface area contributed by atoms with Gasteiger partial charge in [0.05, 0.1) is 5.69 Å². The minimum absolute atomic E-state index is 0.380. The van der Waals surface area contributed by atoms with Crippen molar-refractivity contribution in [1.29, 1.82) is 0 Å². The van der Waals surface area contributed by atoms with Gasteiger partial charge in [0, 0.05) is 30.7 Å². The summed E-state index contributed by atoms with van der Waals surface area (Å²) in [5.41, 5.74) is 2.70. The number of hydrogen-bond acceptors (Lipinski definition) is 4. The molecular formula is C17H27N3O. The molecule has 1 aromatic rings. The molecule has 0 aliphatic carbocycles. The first-order valence-corrected chi connectivity index (χ1v) is 8.15. The molecule has 3 rings (SSSR count). The fourth-order valence-corrected chi connectivity index (χ4v) is 4.19. The summed E-state index contributed by atoms with van der Waals surface area (Å²) in [6, 6.07) is 0. The van der Waals surface area contributed by atoms with Crippen LogP contribution in [-0.2, 0) is 6.54 Å². The molecule has 4 nitrogen and oxygen atoms in total. The van der Waals surface area contributed by atoms with Crippen LogP contribution in [0.3, 0.4) is 0 Å². The van der Waals surface area contributed by atoms with Gasteiger partial charge in [0.25, 0.3) is 0 Å². The Labute approximate surface area is 127 Å². The standard InChI is InChI=1S/C17H27N3O/c1-4-9-20-11-6-8-17(20)7-5-10-19(13-17)12-16-14(2)18-21-15(16)3/h4H,1,5-13H2,2-3H3/t17-/m0/s1. The highest BCUT2D eigenvalue weighted by molar-refractivity contribution is 5.21. The van der Waals surface area contributed by atoms with Gasteiger partial charge in [0.2, 0.25) is 0 Å². The second kappa shape index (κ2) is 5.93. The SMILES string of the molecule is C=CCN1CCC[C@]12CCCN(Cc1c(C)noc1C)C2. The highest BCUT2D eigenvalue weighted by atomic mass is 16.5. The summed E-state index contributed by atoms with van der Waals surface area (Å²) in [4.78, 5) is 5.25. The predicted molar refractivity (Wildman–Crippen MR) is 84.2 cm³/mol. The smallest absolute Gasteiger partial charge is 0.138 e. The van der Waals surface area contributed by atoms with Crippen LogP contribution in [0, 0.1) is 13.8 Å². The second-order valence-corrected chi connectivity index (χ2v) is 6.68. The van der Waals surface area contributed by atoms with E-state index in [9.17, 15) is 0 Å². The summed E-state index contributed by atoms with van der Waals surface area (Å²) in [5.74, 6) is 0.974. The molecule has 1 spiro atoms. The number of aromatic nitrogens is 1. The molecular weight excluding hydrogens is 262 g/mol. The monoisotopic (exact) mass is 289 g/mol. The van der Waals surface area contributed by atoms with Crippen LogP contribution in [0.2, 0.25) is 0 Å². The van der Waals surface area contributed by atoms with Crippen LogP contribution >= 0.6 is 0 Å². The third-order valence-corrected chi connectivity index (χ3v) is 5.29. The average molecular weight is 289 g/mol. The van der Waals surface area contributed by atoms with Crippen LogP contribution in [-0.4, -0.2) is 46.7 Å². The maximum absolute atomic E-state index is 5.31. The Morgan fingerprint density at radius 1 is 1.29 bits per heavy atom. The van der Waals surface area contributed by atoms with Crippen molar-refractivity contribution in [3.05, 3.63) is 29.7 Å². The van der Waals surface area contributed by atoms with Crippen molar-refractivity contribution in [3.63, 3.8) is 0 Å². The van der Waals surface area contributed by atoms with Crippen molar-refractivity contribution < 1.29 is 4.52 Å². The van der Waals surface area contributed by atoms with Gasteiger partial charge in [0.1, 0.15) is 5.76 Å². The maximum Gasteiger partial charge on any atom is 0.138 e. The number of piperidine rings is 1. The average Bonchev–Trinajstić information content (AvgIpc) is 2.98. The Hall–Kier alpha value is -1.13. The van der Waals surface area contributed by atoms with E-state index >= 15 is 0 Å². The third-order valence-electron chi connectivity index (χ3n) is 5.29. The minimum Gasteiger partial charge on any atom is -0.361 e. The lowest BCUT2D eigenvalue weighted by Gasteiger charge is -2.46. The van der Waals surface area contributed by atoms with Gasteiger partial charge < -0.3 is 4.52 Å². The summed E-state index contributed by atoms with van der Waals surface area (Å²) < 4.78 is 5.31. The summed E-state index contributed by atoms with van der Waals surface area (Å²) in [7, 11) is 0. The van der Waals surface area contributed by atoms with Gasteiger partial charge in [-0.05, 0) is 52.6 Å². The fourth-order valence-electron chi connectivity index (χ4n) is 4.19. The zero-order valence-corrected chi connectivity index (χ0v) is 13.4. The molecule has 0 N–H and O–H groups in total. The van der Waals surface area contributed by atoms with Gasteiger partial charge >= 0.3 is 0 Å². The lowest BCUT2D eigenvalue weighted by Crippen LogP contribution is -2.55. The number of likely N-dealkylation sites (tertiary alicyclic amines) is 2. The lowest BCUT2D eigenvalue weighted by molar-refractivity contribution is 0.0446. The topological polar surface area (TPSA) is 32.5 Å². The van der Waals surface area contributed by atoms with Crippen molar-refractivity contribution >= 4 is 0 Å². The molecule has 116 valence electrons. The molecule has 0 radical (unpaired) electrons. The molecule has 2 saturated heterocycles. The molecule has 0 bridgehead atoms. The first-order valence-electron chi connectivity index (χ1n) is 8.15. The quantitative estimate of drug-likeness (QED) is 0.798. The highest BCUT2D eigenvalue weighted by Gasteiger charge is 2.43. The predicted octanol–water partition coefficient (Wildman–Crippen LogP) is 2.91. The third kappa shape index (κ3) is 2.79. The van der Waals surface area contributed by atoms with Gasteiger partial charge in [0.15, 0.2) is 0 Å². The van der Waals surface area contributed by atoms with Gasteiger partial charge in [-0.25, -0.2) is 0 Å². The van der Waals surface area contributed by atoms with E-state index < -0.39 is 0 Å². The largest absolute Gasteiger partial charge is 0.361 e. The van der Waals surface area contributed by atoms with Gasteiger partial charge in [-0.15, -0.1) is 6.58 Å². The highest BCUT2D eigenvalue weighted by Crippen LogP contribution is 2.37. The summed E-state index contributed by atoms with van der Waals surface area (Å²) in [6.45, 7) is 13.6. The summed E-state index contributed by atoms with van der Waals surface area (Å²) in [5, 5.41) is 4.09. The zero-order valence-electron chi connectivity index (χ0n) is 13.4. The Bertz CT molecular complexity index is 491. The molecule has 0 saturated carbocycles. The summed E-state index contributed by atoms with van der Waals surface area (Å²) in [6.07, 6.45) is 7.34. The van der Waals surface area contributed by atoms with E-state index in [0.29, 0.717) is 5.54 Å². The molecule has 1 atom stereocenters. The van der Waals surface area contributed by atoms with Crippen LogP contribution in [0.5, 0.6) is 0 Å². The van der Waals surface area contributed by atoms with E-state index in [4.69, 9.17) is 4.52 Å². The van der Waals surface area contributed by atoms with E-state index in [1.165, 1.54) is 50.9 Å². The van der Waals surface area contributed by atoms with Crippen molar-refractivity contribution in [2.45, 2.75) is 51.6 Å². The van der Waals surface area contributed by atoms with E-state index in [2.05, 4.69) is 27.6 Å². The Morgan fingerprint density at radius 3 is 2.71 bits per heavy atom. The number of nitrogens with zero attached hydrogens (tertiary/aromatic N) is 3. The fraction of sp³-hybridized carbons (Fsp3) is 0.706. The van der Waals surface area contributed by atoms with E-state index in [1.54, 1.807) is 0 Å². The molecule has 3 heterocycles. The first kappa shape index (κ1) is 14.8. The second-order valence-electron chi connectivity index (χ2n) is 6.68. The molecule has 2 aliphatic rings. The van der Waals surface area contributed by atoms with Crippen LogP contribution in [0.25, 0.3) is 0 Å². The lowest BCUT2D eigenvalue weighted by atomic mass is 9.86. The molecule has 4 heteroatoms. The minimum atomic E-state index is 0.380. The molecule has 2 aliphatic heterocycles. The molecule has 0 unspecified atom stereocenters. The van der Waals surface area contributed by atoms with Crippen LogP contribution in [0.15, 0.2) is 17.2 Å². The molecule has 1 aromatic heterocycles. The van der Waals surface area contributed by atoms with Crippen LogP contribution < -0.4 is 0 Å². The van der Waals surface area contributed by atoms with Gasteiger partial charge in [-0.1, -0.05) is 11.2 Å². The van der Waals surface area contributed by atoms with Crippen LogP contribution in [0.4, 0.5) is 0 Å². The normalized spacial score (nSPS) is 27.5. The van der Waals surface area contributed by atoms with Crippen molar-refractivity contribution in [1.82, 2.24) is 15.0 Å². The van der Waals surface area contributed by atoms with Gasteiger partial charge in [-0.3, -0.25) is 9.80 Å². The van der Waals surface area contributed by atoms with E-state index in [0.717, 1.165) is 24.5 Å². The molecule has 0 amide bonds. The molecule has 0 aromatic carbocycles. The molecule has 2 fully saturated rings. The maximum atomic E-state index is 5.31. The number of rotatable bonds is 4. The Morgan fingerprint density at radius 2 is 2.05 bits per heavy atom. The zero-order chi connectivity index (χ0) is 14.9. The Kier molecular flexibility index (Phi) is 4.18. The van der Waals surface area contributed by atoms with Crippen molar-refractivity contribution in [3.8, 4) is 0 Å². The summed E-state index contributed by atoms with van der Waals surface area (Å²) >= 11 is 0. The van der Waals surface area contributed by atoms with Crippen molar-refractivity contribution in [2.24, 2.45) is 0 Å². The molecule has 21 heavy (non-hydrogen) atoms. The van der Waals surface area contributed by atoms with E-state index in [1.807, 2.05) is 13.8 Å². The van der Waals surface area contributed by atoms with Crippen molar-refractivity contribution in [2.75, 3.05) is 26.2 Å².